The van der Waals surface area contributed by atoms with Gasteiger partial charge in [0.2, 0.25) is 0 Å². The van der Waals surface area contributed by atoms with Crippen molar-refractivity contribution < 1.29 is 19.1 Å². The summed E-state index contributed by atoms with van der Waals surface area (Å²) in [5.41, 5.74) is 5.93. The molecule has 0 aliphatic rings. The quantitative estimate of drug-likeness (QED) is 0.285. The molecule has 4 aromatic rings. The summed E-state index contributed by atoms with van der Waals surface area (Å²) in [5, 5.41) is 6.35. The molecule has 0 bridgehead atoms. The zero-order valence-electron chi connectivity index (χ0n) is 20.6. The number of fused-ring (bicyclic) bond motifs is 1. The molecule has 1 heterocycles. The van der Waals surface area contributed by atoms with Crippen molar-refractivity contribution in [2.75, 3.05) is 23.8 Å². The number of rotatable bonds is 8. The predicted octanol–water partition coefficient (Wildman–Crippen LogP) is 6.36. The van der Waals surface area contributed by atoms with Crippen LogP contribution in [-0.4, -0.2) is 30.2 Å². The maximum Gasteiger partial charge on any atom is 0.344 e. The van der Waals surface area contributed by atoms with E-state index < -0.39 is 5.97 Å². The van der Waals surface area contributed by atoms with Crippen LogP contribution >= 0.6 is 0 Å². The number of benzene rings is 3. The van der Waals surface area contributed by atoms with Crippen LogP contribution in [0.1, 0.15) is 25.0 Å². The number of pyridine rings is 1. The third-order valence-corrected chi connectivity index (χ3v) is 5.65. The summed E-state index contributed by atoms with van der Waals surface area (Å²) in [5.74, 6) is 0.0185. The fourth-order valence-electron chi connectivity index (χ4n) is 3.72. The molecule has 184 valence electrons. The highest BCUT2D eigenvalue weighted by molar-refractivity contribution is 6.01. The Hall–Kier alpha value is -4.39. The first kappa shape index (κ1) is 24.7. The number of anilines is 2. The van der Waals surface area contributed by atoms with Crippen molar-refractivity contribution in [3.05, 3.63) is 83.9 Å². The maximum atomic E-state index is 12.6. The van der Waals surface area contributed by atoms with Crippen LogP contribution in [0.25, 0.3) is 22.2 Å². The number of hydrogen-bond acceptors (Lipinski definition) is 5. The minimum Gasteiger partial charge on any atom is -0.481 e. The SMILES string of the molecule is CCOC(=O)COc1cc(-c2ccc(C)cc2)nc2ccc(NC(=O)Nc3ccc(CC)cc3)cc12. The van der Waals surface area contributed by atoms with Crippen molar-refractivity contribution in [3.8, 4) is 17.0 Å². The van der Waals surface area contributed by atoms with Crippen molar-refractivity contribution in [1.82, 2.24) is 4.98 Å². The first-order valence-corrected chi connectivity index (χ1v) is 11.9. The van der Waals surface area contributed by atoms with Gasteiger partial charge in [-0.1, -0.05) is 48.9 Å². The Balaban J connectivity index is 1.61. The molecule has 0 atom stereocenters. The number of carbonyl (C=O) groups excluding carboxylic acids is 2. The van der Waals surface area contributed by atoms with Crippen molar-refractivity contribution in [1.29, 1.82) is 0 Å². The van der Waals surface area contributed by atoms with Gasteiger partial charge in [0.1, 0.15) is 5.75 Å². The van der Waals surface area contributed by atoms with E-state index in [1.165, 1.54) is 5.56 Å². The highest BCUT2D eigenvalue weighted by Crippen LogP contribution is 2.32. The summed E-state index contributed by atoms with van der Waals surface area (Å²) in [6.45, 7) is 5.90. The Morgan fingerprint density at radius 2 is 1.56 bits per heavy atom. The number of nitrogens with one attached hydrogen (secondary N) is 2. The number of amides is 2. The minimum absolute atomic E-state index is 0.230. The minimum atomic E-state index is -0.456. The highest BCUT2D eigenvalue weighted by Gasteiger charge is 2.13. The molecule has 4 rings (SSSR count). The van der Waals surface area contributed by atoms with Crippen LogP contribution in [0.4, 0.5) is 16.2 Å². The second-order valence-electron chi connectivity index (χ2n) is 8.33. The monoisotopic (exact) mass is 483 g/mol. The first-order chi connectivity index (χ1) is 17.4. The smallest absolute Gasteiger partial charge is 0.344 e. The third kappa shape index (κ3) is 6.18. The molecule has 1 aromatic heterocycles. The number of aromatic nitrogens is 1. The lowest BCUT2D eigenvalue weighted by atomic mass is 10.1. The summed E-state index contributed by atoms with van der Waals surface area (Å²) in [7, 11) is 0. The van der Waals surface area contributed by atoms with Gasteiger partial charge in [-0.05, 0) is 56.2 Å². The van der Waals surface area contributed by atoms with Crippen molar-refractivity contribution >= 4 is 34.3 Å². The molecule has 3 aromatic carbocycles. The van der Waals surface area contributed by atoms with E-state index in [4.69, 9.17) is 14.5 Å². The number of nitrogens with zero attached hydrogens (tertiary/aromatic N) is 1. The lowest BCUT2D eigenvalue weighted by Gasteiger charge is -2.13. The second kappa shape index (κ2) is 11.4. The molecule has 7 nitrogen and oxygen atoms in total. The van der Waals surface area contributed by atoms with Crippen LogP contribution in [0.15, 0.2) is 72.8 Å². The molecule has 0 radical (unpaired) electrons. The molecule has 0 aliphatic carbocycles. The molecular weight excluding hydrogens is 454 g/mol. The van der Waals surface area contributed by atoms with Crippen LogP contribution in [0.5, 0.6) is 5.75 Å². The van der Waals surface area contributed by atoms with E-state index in [0.29, 0.717) is 28.0 Å². The Morgan fingerprint density at radius 3 is 2.25 bits per heavy atom. The van der Waals surface area contributed by atoms with Gasteiger partial charge in [-0.15, -0.1) is 0 Å². The zero-order valence-corrected chi connectivity index (χ0v) is 20.6. The average Bonchev–Trinajstić information content (AvgIpc) is 2.88. The molecule has 0 spiro atoms. The van der Waals surface area contributed by atoms with Gasteiger partial charge in [0.15, 0.2) is 6.61 Å². The number of esters is 1. The number of hydrogen-bond donors (Lipinski definition) is 2. The van der Waals surface area contributed by atoms with Crippen molar-refractivity contribution in [2.24, 2.45) is 0 Å². The Kier molecular flexibility index (Phi) is 7.80. The standard InChI is InChI=1S/C29H29N3O4/c1-4-20-8-12-22(13-9-20)30-29(34)31-23-14-15-25-24(16-23)27(36-18-28(33)35-5-2)17-26(32-25)21-10-6-19(3)7-11-21/h6-17H,4-5,18H2,1-3H3,(H2,30,31,34). The Bertz CT molecular complexity index is 1370. The van der Waals surface area contributed by atoms with Crippen LogP contribution < -0.4 is 15.4 Å². The summed E-state index contributed by atoms with van der Waals surface area (Å²) >= 11 is 0. The van der Waals surface area contributed by atoms with Crippen LogP contribution in [-0.2, 0) is 16.0 Å². The van der Waals surface area contributed by atoms with E-state index in [1.807, 2.05) is 61.5 Å². The van der Waals surface area contributed by atoms with Crippen LogP contribution in [0.2, 0.25) is 0 Å². The summed E-state index contributed by atoms with van der Waals surface area (Å²) in [6, 6.07) is 22.5. The van der Waals surface area contributed by atoms with E-state index in [2.05, 4.69) is 17.6 Å². The van der Waals surface area contributed by atoms with E-state index >= 15 is 0 Å². The number of ether oxygens (including phenoxy) is 2. The summed E-state index contributed by atoms with van der Waals surface area (Å²) in [4.78, 5) is 29.3. The molecule has 0 saturated carbocycles. The lowest BCUT2D eigenvalue weighted by molar-refractivity contribution is -0.145. The highest BCUT2D eigenvalue weighted by atomic mass is 16.6. The van der Waals surface area contributed by atoms with Gasteiger partial charge in [0.25, 0.3) is 0 Å². The fourth-order valence-corrected chi connectivity index (χ4v) is 3.72. The summed E-state index contributed by atoms with van der Waals surface area (Å²) in [6.07, 6.45) is 0.934. The van der Waals surface area contributed by atoms with Gasteiger partial charge in [0, 0.05) is 28.4 Å². The fraction of sp³-hybridized carbons (Fsp3) is 0.207. The third-order valence-electron chi connectivity index (χ3n) is 5.65. The molecule has 7 heteroatoms. The number of aryl methyl sites for hydroxylation is 2. The summed E-state index contributed by atoms with van der Waals surface area (Å²) < 4.78 is 10.9. The van der Waals surface area contributed by atoms with E-state index in [-0.39, 0.29) is 19.2 Å². The van der Waals surface area contributed by atoms with Crippen molar-refractivity contribution in [3.63, 3.8) is 0 Å². The molecule has 0 aliphatic heterocycles. The molecular formula is C29H29N3O4. The number of carbonyl (C=O) groups is 2. The van der Waals surface area contributed by atoms with Gasteiger partial charge >= 0.3 is 12.0 Å². The molecule has 2 amide bonds. The van der Waals surface area contributed by atoms with Crippen molar-refractivity contribution in [2.45, 2.75) is 27.2 Å². The van der Waals surface area contributed by atoms with Crippen LogP contribution in [0.3, 0.4) is 0 Å². The largest absolute Gasteiger partial charge is 0.481 e. The Morgan fingerprint density at radius 1 is 0.861 bits per heavy atom. The van der Waals surface area contributed by atoms with E-state index in [9.17, 15) is 9.59 Å². The van der Waals surface area contributed by atoms with E-state index in [0.717, 1.165) is 23.2 Å². The average molecular weight is 484 g/mol. The van der Waals surface area contributed by atoms with Gasteiger partial charge in [-0.2, -0.15) is 0 Å². The predicted molar refractivity (Wildman–Crippen MR) is 143 cm³/mol. The Labute approximate surface area is 210 Å². The van der Waals surface area contributed by atoms with E-state index in [1.54, 1.807) is 25.1 Å². The van der Waals surface area contributed by atoms with Gasteiger partial charge in [0.05, 0.1) is 17.8 Å². The first-order valence-electron chi connectivity index (χ1n) is 11.9. The molecule has 0 unspecified atom stereocenters. The molecule has 36 heavy (non-hydrogen) atoms. The normalized spacial score (nSPS) is 10.6. The molecule has 0 fully saturated rings. The zero-order chi connectivity index (χ0) is 25.5. The van der Waals surface area contributed by atoms with Gasteiger partial charge in [-0.25, -0.2) is 14.6 Å². The molecule has 0 saturated heterocycles. The van der Waals surface area contributed by atoms with Gasteiger partial charge in [-0.3, -0.25) is 0 Å². The van der Waals surface area contributed by atoms with Crippen LogP contribution in [0, 0.1) is 6.92 Å². The lowest BCUT2D eigenvalue weighted by Crippen LogP contribution is -2.19. The second-order valence-corrected chi connectivity index (χ2v) is 8.33. The molecule has 2 N–H and O–H groups in total. The maximum absolute atomic E-state index is 12.6. The number of urea groups is 1. The topological polar surface area (TPSA) is 89.6 Å². The van der Waals surface area contributed by atoms with Gasteiger partial charge < -0.3 is 20.1 Å².